The number of para-hydroxylation sites is 3. The zero-order chi connectivity index (χ0) is 43.5. The molecule has 6 heteroatoms. The Morgan fingerprint density at radius 1 is 0.645 bits per heavy atom. The number of rotatable bonds is 7. The van der Waals surface area contributed by atoms with Gasteiger partial charge in [-0.3, -0.25) is 4.98 Å². The molecule has 7 aromatic carbocycles. The number of fused-ring (bicyclic) bond motifs is 8. The minimum Gasteiger partial charge on any atom is -0.333 e. The first-order chi connectivity index (χ1) is 29.7. The molecule has 0 aliphatic rings. The second-order valence-corrected chi connectivity index (χ2v) is 24.1. The van der Waals surface area contributed by atoms with E-state index in [-0.39, 0.29) is 20.1 Å². The van der Waals surface area contributed by atoms with Gasteiger partial charge >= 0.3 is 0 Å². The molecule has 3 nitrogen and oxygen atoms in total. The molecule has 0 saturated heterocycles. The van der Waals surface area contributed by atoms with E-state index in [1.807, 2.05) is 55.6 Å². The molecule has 62 heavy (non-hydrogen) atoms. The predicted molar refractivity (Wildman–Crippen MR) is 267 cm³/mol. The smallest absolute Gasteiger partial charge is 0.0799 e. The summed E-state index contributed by atoms with van der Waals surface area (Å²) in [6.07, 6.45) is 1.98. The summed E-state index contributed by atoms with van der Waals surface area (Å²) < 4.78 is 13.4. The van der Waals surface area contributed by atoms with Gasteiger partial charge in [0, 0.05) is 38.1 Å². The maximum Gasteiger partial charge on any atom is 0.0799 e. The fraction of sp³-hybridized carbons (Fsp3) is 0.214. The monoisotopic (exact) mass is 1020 g/mol. The van der Waals surface area contributed by atoms with Crippen molar-refractivity contribution >= 4 is 77.3 Å². The third-order valence-electron chi connectivity index (χ3n) is 11.9. The zero-order valence-corrected chi connectivity index (χ0v) is 41.2. The van der Waals surface area contributed by atoms with Crippen molar-refractivity contribution in [3.8, 4) is 28.3 Å². The normalized spacial score (nSPS) is 12.3. The molecule has 0 spiro atoms. The number of pyridine rings is 1. The van der Waals surface area contributed by atoms with Gasteiger partial charge in [0.05, 0.1) is 24.9 Å². The Kier molecular flexibility index (Phi) is 11.9. The largest absolute Gasteiger partial charge is 0.333 e. The first-order valence-electron chi connectivity index (χ1n) is 22.0. The number of hydrogen-bond donors (Lipinski definition) is 0. The molecule has 10 rings (SSSR count). The van der Waals surface area contributed by atoms with Gasteiger partial charge in [0.2, 0.25) is 0 Å². The summed E-state index contributed by atoms with van der Waals surface area (Å²) in [6.45, 7) is 19.9. The first kappa shape index (κ1) is 42.1. The fourth-order valence-electron chi connectivity index (χ4n) is 8.76. The van der Waals surface area contributed by atoms with Crippen LogP contribution in [0.15, 0.2) is 140 Å². The van der Waals surface area contributed by atoms with E-state index in [9.17, 15) is 0 Å². The summed E-state index contributed by atoms with van der Waals surface area (Å²) in [7, 11) is -1.50. The van der Waals surface area contributed by atoms with Crippen LogP contribution in [-0.2, 0) is 20.1 Å². The van der Waals surface area contributed by atoms with E-state index in [0.29, 0.717) is 11.8 Å². The third-order valence-corrected chi connectivity index (χ3v) is 15.1. The van der Waals surface area contributed by atoms with Crippen LogP contribution in [0.3, 0.4) is 0 Å². The molecule has 0 unspecified atom stereocenters. The molecule has 313 valence electrons. The Hall–Kier alpha value is -5.23. The van der Waals surface area contributed by atoms with Crippen LogP contribution in [0.1, 0.15) is 77.3 Å². The van der Waals surface area contributed by atoms with Crippen molar-refractivity contribution in [3.63, 3.8) is 0 Å². The quantitative estimate of drug-likeness (QED) is 0.0905. The average Bonchev–Trinajstić information content (AvgIpc) is 3.84. The van der Waals surface area contributed by atoms with E-state index in [2.05, 4.69) is 178 Å². The molecule has 0 aliphatic carbocycles. The molecule has 0 atom stereocenters. The van der Waals surface area contributed by atoms with Crippen LogP contribution in [0, 0.1) is 12.1 Å². The number of nitrogens with zero attached hydrogens (tertiary/aromatic N) is 3. The van der Waals surface area contributed by atoms with Gasteiger partial charge in [-0.1, -0.05) is 157 Å². The van der Waals surface area contributed by atoms with Crippen LogP contribution in [0.4, 0.5) is 0 Å². The van der Waals surface area contributed by atoms with E-state index < -0.39 is 14.0 Å². The van der Waals surface area contributed by atoms with Crippen molar-refractivity contribution < 1.29 is 21.5 Å². The maximum atomic E-state index is 8.44. The molecule has 3 aromatic heterocycles. The standard InChI is InChI=1S/C39H31N2S.C17H22NSi.Ir/c1-23(2)27-12-9-13-28(24(3)4)37(27)41-35-15-8-7-14-34(35)40-39(41)26-17-21-36-33(22-26)32-20-19-30-29-11-6-5-10-25(29)16-18-31(30)38(32)42-36;1-13(2)15-11-16(14-9-7-6-8-10-14)18-12-17(15)19(3,4)5;/h5-16,18-24H,1-4H3;6-9,11-13H,1-5H3;/q2*-1;/i;13D;. The summed E-state index contributed by atoms with van der Waals surface area (Å²) in [6, 6.07) is 54.4. The van der Waals surface area contributed by atoms with Crippen LogP contribution in [0.25, 0.3) is 81.1 Å². The molecule has 0 bridgehead atoms. The summed E-state index contributed by atoms with van der Waals surface area (Å²) >= 11 is 1.86. The van der Waals surface area contributed by atoms with Crippen molar-refractivity contribution in [3.05, 3.63) is 168 Å². The minimum absolute atomic E-state index is 0. The first-order valence-corrected chi connectivity index (χ1v) is 25.8. The number of aromatic nitrogens is 3. The van der Waals surface area contributed by atoms with E-state index in [0.717, 1.165) is 39.2 Å². The van der Waals surface area contributed by atoms with Crippen LogP contribution in [0.2, 0.25) is 19.6 Å². The minimum atomic E-state index is -1.50. The Labute approximate surface area is 386 Å². The summed E-state index contributed by atoms with van der Waals surface area (Å²) in [5, 5.41) is 9.04. The Morgan fingerprint density at radius 3 is 2.03 bits per heavy atom. The second-order valence-electron chi connectivity index (χ2n) is 18.0. The number of benzene rings is 7. The summed E-state index contributed by atoms with van der Waals surface area (Å²) in [5.41, 5.74) is 10.1. The molecule has 1 radical (unpaired) electrons. The molecular formula is C56H53IrN3SSi-2. The SMILES string of the molecule is CC(C)c1cccc(C(C)C)c1-n1c(-c2[c-]cc3sc4c(ccc5c6ccccc6ccc54)c3c2)nc2ccccc21.[2H]C(C)(C)c1cc(-c2[c-]cccc2)ncc1[Si](C)(C)C.[Ir]. The van der Waals surface area contributed by atoms with E-state index in [1.54, 1.807) is 0 Å². The van der Waals surface area contributed by atoms with Crippen molar-refractivity contribution in [2.75, 3.05) is 0 Å². The molecule has 0 saturated carbocycles. The van der Waals surface area contributed by atoms with Crippen molar-refractivity contribution in [2.24, 2.45) is 0 Å². The van der Waals surface area contributed by atoms with Gasteiger partial charge in [-0.2, -0.15) is 11.3 Å². The molecule has 3 heterocycles. The average molecular weight is 1020 g/mol. The van der Waals surface area contributed by atoms with Crippen LogP contribution in [0.5, 0.6) is 0 Å². The van der Waals surface area contributed by atoms with Crippen LogP contribution in [-0.4, -0.2) is 22.6 Å². The van der Waals surface area contributed by atoms with E-state index in [1.165, 1.54) is 63.7 Å². The number of imidazole rings is 1. The predicted octanol–water partition coefficient (Wildman–Crippen LogP) is 15.6. The van der Waals surface area contributed by atoms with Crippen molar-refractivity contribution in [1.29, 1.82) is 0 Å². The zero-order valence-electron chi connectivity index (χ0n) is 38.0. The van der Waals surface area contributed by atoms with E-state index >= 15 is 0 Å². The fourth-order valence-corrected chi connectivity index (χ4v) is 11.5. The molecule has 0 N–H and O–H groups in total. The Morgan fingerprint density at radius 2 is 1.32 bits per heavy atom. The Balaban J connectivity index is 0.000000219. The Bertz CT molecular complexity index is 3250. The topological polar surface area (TPSA) is 30.7 Å². The van der Waals surface area contributed by atoms with Crippen molar-refractivity contribution in [1.82, 2.24) is 14.5 Å². The van der Waals surface area contributed by atoms with Gasteiger partial charge in [-0.15, -0.1) is 59.7 Å². The van der Waals surface area contributed by atoms with Gasteiger partial charge in [0.25, 0.3) is 0 Å². The maximum absolute atomic E-state index is 8.44. The molecule has 10 aromatic rings. The number of thiophene rings is 1. The molecular weight excluding hydrogens is 967 g/mol. The number of hydrogen-bond acceptors (Lipinski definition) is 3. The van der Waals surface area contributed by atoms with E-state index in [4.69, 9.17) is 6.35 Å². The summed E-state index contributed by atoms with van der Waals surface area (Å²) in [4.78, 5) is 9.86. The van der Waals surface area contributed by atoms with Gasteiger partial charge in [0.15, 0.2) is 0 Å². The van der Waals surface area contributed by atoms with Gasteiger partial charge < -0.3 is 9.55 Å². The summed E-state index contributed by atoms with van der Waals surface area (Å²) in [5.74, 6) is 1.09. The van der Waals surface area contributed by atoms with Crippen molar-refractivity contribution in [2.45, 2.75) is 78.9 Å². The molecule has 0 fully saturated rings. The second kappa shape index (κ2) is 17.5. The van der Waals surface area contributed by atoms with Gasteiger partial charge in [0.1, 0.15) is 0 Å². The molecule has 0 aliphatic heterocycles. The third kappa shape index (κ3) is 7.99. The molecule has 0 amide bonds. The van der Waals surface area contributed by atoms with Crippen LogP contribution >= 0.6 is 11.3 Å². The van der Waals surface area contributed by atoms with Crippen LogP contribution < -0.4 is 5.19 Å². The van der Waals surface area contributed by atoms with Gasteiger partial charge in [-0.25, -0.2) is 0 Å². The van der Waals surface area contributed by atoms with Gasteiger partial charge in [-0.05, 0) is 83.5 Å².